The number of aromatic nitrogens is 2. The highest BCUT2D eigenvalue weighted by Gasteiger charge is 2.18. The maximum atomic E-state index is 6.20. The van der Waals surface area contributed by atoms with E-state index in [2.05, 4.69) is 29.1 Å². The molecule has 21 heavy (non-hydrogen) atoms. The highest BCUT2D eigenvalue weighted by Crippen LogP contribution is 2.29. The SMILES string of the molecule is CCc1nc(NC2CCCCC2)c(N)c(OCC(C)C)n1. The van der Waals surface area contributed by atoms with Crippen LogP contribution in [-0.2, 0) is 6.42 Å². The fraction of sp³-hybridized carbons (Fsp3) is 0.750. The molecule has 1 saturated carbocycles. The first kappa shape index (κ1) is 15.9. The third-order valence-electron chi connectivity index (χ3n) is 3.77. The topological polar surface area (TPSA) is 73.1 Å². The molecule has 0 bridgehead atoms. The van der Waals surface area contributed by atoms with Gasteiger partial charge in [0.2, 0.25) is 5.88 Å². The monoisotopic (exact) mass is 292 g/mol. The predicted octanol–water partition coefficient (Wildman–Crippen LogP) is 3.40. The Morgan fingerprint density at radius 2 is 1.95 bits per heavy atom. The van der Waals surface area contributed by atoms with E-state index in [4.69, 9.17) is 10.5 Å². The van der Waals surface area contributed by atoms with Crippen molar-refractivity contribution in [3.8, 4) is 5.88 Å². The van der Waals surface area contributed by atoms with Crippen molar-refractivity contribution in [1.29, 1.82) is 0 Å². The molecule has 0 radical (unpaired) electrons. The van der Waals surface area contributed by atoms with Gasteiger partial charge in [-0.25, -0.2) is 4.98 Å². The van der Waals surface area contributed by atoms with Gasteiger partial charge in [-0.3, -0.25) is 0 Å². The molecule has 1 heterocycles. The molecule has 0 spiro atoms. The smallest absolute Gasteiger partial charge is 0.242 e. The molecule has 0 atom stereocenters. The zero-order valence-electron chi connectivity index (χ0n) is 13.5. The Bertz CT molecular complexity index is 456. The number of ether oxygens (including phenoxy) is 1. The van der Waals surface area contributed by atoms with Gasteiger partial charge in [0.1, 0.15) is 11.5 Å². The maximum absolute atomic E-state index is 6.20. The van der Waals surface area contributed by atoms with E-state index in [-0.39, 0.29) is 0 Å². The molecular formula is C16H28N4O. The van der Waals surface area contributed by atoms with E-state index in [9.17, 15) is 0 Å². The van der Waals surface area contributed by atoms with Gasteiger partial charge in [-0.2, -0.15) is 4.98 Å². The van der Waals surface area contributed by atoms with E-state index in [1.54, 1.807) is 0 Å². The lowest BCUT2D eigenvalue weighted by Gasteiger charge is -2.24. The van der Waals surface area contributed by atoms with Crippen molar-refractivity contribution in [2.24, 2.45) is 5.92 Å². The van der Waals surface area contributed by atoms with Crippen LogP contribution >= 0.6 is 0 Å². The minimum Gasteiger partial charge on any atom is -0.476 e. The summed E-state index contributed by atoms with van der Waals surface area (Å²) >= 11 is 0. The molecule has 0 saturated heterocycles. The average molecular weight is 292 g/mol. The normalized spacial score (nSPS) is 16.2. The van der Waals surface area contributed by atoms with Gasteiger partial charge in [0.25, 0.3) is 0 Å². The molecule has 0 unspecified atom stereocenters. The number of nitrogens with two attached hydrogens (primary N) is 1. The standard InChI is InChI=1S/C16H28N4O/c1-4-13-19-15(18-12-8-6-5-7-9-12)14(17)16(20-13)21-10-11(2)3/h11-12H,4-10,17H2,1-3H3,(H,18,19,20). The van der Waals surface area contributed by atoms with Gasteiger partial charge in [0.15, 0.2) is 5.82 Å². The van der Waals surface area contributed by atoms with E-state index in [1.165, 1.54) is 32.1 Å². The van der Waals surface area contributed by atoms with E-state index in [1.807, 2.05) is 6.92 Å². The second kappa shape index (κ2) is 7.48. The van der Waals surface area contributed by atoms with Crippen molar-refractivity contribution in [2.75, 3.05) is 17.7 Å². The van der Waals surface area contributed by atoms with Crippen molar-refractivity contribution in [3.63, 3.8) is 0 Å². The lowest BCUT2D eigenvalue weighted by Crippen LogP contribution is -2.24. The Kier molecular flexibility index (Phi) is 5.65. The Balaban J connectivity index is 2.15. The zero-order valence-corrected chi connectivity index (χ0v) is 13.5. The summed E-state index contributed by atoms with van der Waals surface area (Å²) in [5, 5.41) is 3.50. The van der Waals surface area contributed by atoms with Gasteiger partial charge in [-0.05, 0) is 18.8 Å². The molecule has 0 aliphatic heterocycles. The van der Waals surface area contributed by atoms with Crippen LogP contribution in [0.4, 0.5) is 11.5 Å². The van der Waals surface area contributed by atoms with E-state index < -0.39 is 0 Å². The number of nitrogens with one attached hydrogen (secondary N) is 1. The molecule has 1 aromatic heterocycles. The predicted molar refractivity (Wildman–Crippen MR) is 86.7 cm³/mol. The van der Waals surface area contributed by atoms with E-state index in [0.29, 0.717) is 30.1 Å². The summed E-state index contributed by atoms with van der Waals surface area (Å²) < 4.78 is 5.75. The lowest BCUT2D eigenvalue weighted by atomic mass is 9.95. The van der Waals surface area contributed by atoms with Crippen LogP contribution in [0.15, 0.2) is 0 Å². The minimum absolute atomic E-state index is 0.444. The Morgan fingerprint density at radius 3 is 2.57 bits per heavy atom. The van der Waals surface area contributed by atoms with Crippen LogP contribution in [-0.4, -0.2) is 22.6 Å². The first-order chi connectivity index (χ1) is 10.1. The maximum Gasteiger partial charge on any atom is 0.242 e. The molecule has 2 rings (SSSR count). The minimum atomic E-state index is 0.444. The summed E-state index contributed by atoms with van der Waals surface area (Å²) in [7, 11) is 0. The van der Waals surface area contributed by atoms with Gasteiger partial charge in [0.05, 0.1) is 6.61 Å². The van der Waals surface area contributed by atoms with Crippen molar-refractivity contribution in [3.05, 3.63) is 5.82 Å². The second-order valence-electron chi connectivity index (χ2n) is 6.24. The third kappa shape index (κ3) is 4.48. The van der Waals surface area contributed by atoms with E-state index >= 15 is 0 Å². The van der Waals surface area contributed by atoms with Gasteiger partial charge >= 0.3 is 0 Å². The molecule has 1 aliphatic rings. The van der Waals surface area contributed by atoms with E-state index in [0.717, 1.165) is 18.1 Å². The quantitative estimate of drug-likeness (QED) is 0.840. The van der Waals surface area contributed by atoms with Crippen LogP contribution in [0.25, 0.3) is 0 Å². The largest absolute Gasteiger partial charge is 0.476 e. The van der Waals surface area contributed by atoms with Gasteiger partial charge < -0.3 is 15.8 Å². The number of nitrogens with zero attached hydrogens (tertiary/aromatic N) is 2. The molecule has 5 heteroatoms. The number of hydrogen-bond donors (Lipinski definition) is 2. The molecule has 118 valence electrons. The Hall–Kier alpha value is -1.52. The van der Waals surface area contributed by atoms with Crippen LogP contribution in [0, 0.1) is 5.92 Å². The first-order valence-corrected chi connectivity index (χ1v) is 8.15. The Labute approximate surface area is 127 Å². The molecule has 5 nitrogen and oxygen atoms in total. The Morgan fingerprint density at radius 1 is 1.24 bits per heavy atom. The van der Waals surface area contributed by atoms with Crippen LogP contribution < -0.4 is 15.8 Å². The summed E-state index contributed by atoms with van der Waals surface area (Å²) in [5.41, 5.74) is 6.74. The molecule has 1 aromatic rings. The lowest BCUT2D eigenvalue weighted by molar-refractivity contribution is 0.262. The first-order valence-electron chi connectivity index (χ1n) is 8.15. The van der Waals surface area contributed by atoms with Crippen molar-refractivity contribution in [1.82, 2.24) is 9.97 Å². The fourth-order valence-corrected chi connectivity index (χ4v) is 2.56. The summed E-state index contributed by atoms with van der Waals surface area (Å²) in [6.07, 6.45) is 7.04. The van der Waals surface area contributed by atoms with Crippen molar-refractivity contribution >= 4 is 11.5 Å². The van der Waals surface area contributed by atoms with Gasteiger partial charge in [-0.1, -0.05) is 40.0 Å². The molecule has 0 aromatic carbocycles. The average Bonchev–Trinajstić information content (AvgIpc) is 2.49. The second-order valence-corrected chi connectivity index (χ2v) is 6.24. The van der Waals surface area contributed by atoms with Gasteiger partial charge in [-0.15, -0.1) is 0 Å². The number of aryl methyl sites for hydroxylation is 1. The number of rotatable bonds is 6. The number of hydrogen-bond acceptors (Lipinski definition) is 5. The summed E-state index contributed by atoms with van der Waals surface area (Å²) in [6, 6.07) is 0.471. The molecule has 0 amide bonds. The van der Waals surface area contributed by atoms with Crippen LogP contribution in [0.1, 0.15) is 58.7 Å². The highest BCUT2D eigenvalue weighted by atomic mass is 16.5. The fourth-order valence-electron chi connectivity index (χ4n) is 2.56. The molecule has 1 fully saturated rings. The van der Waals surface area contributed by atoms with Gasteiger partial charge in [0, 0.05) is 12.5 Å². The van der Waals surface area contributed by atoms with Crippen molar-refractivity contribution < 1.29 is 4.74 Å². The zero-order chi connectivity index (χ0) is 15.2. The van der Waals surface area contributed by atoms with Crippen LogP contribution in [0.3, 0.4) is 0 Å². The number of nitrogen functional groups attached to an aromatic ring is 1. The summed E-state index contributed by atoms with van der Waals surface area (Å²) in [5.74, 6) is 2.49. The van der Waals surface area contributed by atoms with Crippen molar-refractivity contribution in [2.45, 2.75) is 65.3 Å². The van der Waals surface area contributed by atoms with Crippen LogP contribution in [0.5, 0.6) is 5.88 Å². The summed E-state index contributed by atoms with van der Waals surface area (Å²) in [6.45, 7) is 6.88. The molecular weight excluding hydrogens is 264 g/mol. The molecule has 1 aliphatic carbocycles. The summed E-state index contributed by atoms with van der Waals surface area (Å²) in [4.78, 5) is 8.96. The number of anilines is 2. The van der Waals surface area contributed by atoms with Crippen LogP contribution in [0.2, 0.25) is 0 Å². The third-order valence-corrected chi connectivity index (χ3v) is 3.77. The highest BCUT2D eigenvalue weighted by molar-refractivity contribution is 5.67. The molecule has 3 N–H and O–H groups in total.